The summed E-state index contributed by atoms with van der Waals surface area (Å²) in [5.74, 6) is 1.73. The van der Waals surface area contributed by atoms with Crippen LogP contribution in [0, 0.1) is 0 Å². The third kappa shape index (κ3) is 2.76. The van der Waals surface area contributed by atoms with Gasteiger partial charge in [-0.2, -0.15) is 5.10 Å². The number of nitrogens with two attached hydrogens (primary N) is 1. The summed E-state index contributed by atoms with van der Waals surface area (Å²) >= 11 is 0. The largest absolute Gasteiger partial charge is 0.370 e. The first-order valence-corrected chi connectivity index (χ1v) is 5.63. The number of hydrogen-bond acceptors (Lipinski definition) is 4. The van der Waals surface area contributed by atoms with Crippen molar-refractivity contribution in [2.75, 3.05) is 13.2 Å². The molecule has 0 spiro atoms. The number of nitrogens with one attached hydrogen (secondary N) is 1. The van der Waals surface area contributed by atoms with E-state index < -0.39 is 0 Å². The van der Waals surface area contributed by atoms with Gasteiger partial charge in [0.15, 0.2) is 5.82 Å². The van der Waals surface area contributed by atoms with Crippen LogP contribution in [0.4, 0.5) is 0 Å². The maximum absolute atomic E-state index is 5.61. The molecule has 1 aromatic rings. The van der Waals surface area contributed by atoms with Crippen LogP contribution in [0.3, 0.4) is 0 Å². The molecule has 2 heterocycles. The monoisotopic (exact) mass is 210 g/mol. The molecule has 3 N–H and O–H groups in total. The Morgan fingerprint density at radius 3 is 3.13 bits per heavy atom. The summed E-state index contributed by atoms with van der Waals surface area (Å²) in [7, 11) is 0. The first-order valence-electron chi connectivity index (χ1n) is 5.63. The lowest BCUT2D eigenvalue weighted by Crippen LogP contribution is -2.12. The van der Waals surface area contributed by atoms with E-state index in [1.807, 2.05) is 0 Å². The fourth-order valence-electron chi connectivity index (χ4n) is 1.78. The van der Waals surface area contributed by atoms with E-state index in [2.05, 4.69) is 15.2 Å². The van der Waals surface area contributed by atoms with Crippen molar-refractivity contribution in [3.05, 3.63) is 11.6 Å². The lowest BCUT2D eigenvalue weighted by Gasteiger charge is -2.19. The van der Waals surface area contributed by atoms with Gasteiger partial charge in [-0.1, -0.05) is 0 Å². The molecule has 1 atom stereocenters. The fraction of sp³-hybridized carbons (Fsp3) is 0.800. The molecule has 15 heavy (non-hydrogen) atoms. The van der Waals surface area contributed by atoms with Gasteiger partial charge in [-0.15, -0.1) is 0 Å². The van der Waals surface area contributed by atoms with Crippen molar-refractivity contribution >= 4 is 0 Å². The predicted octanol–water partition coefficient (Wildman–Crippen LogP) is 0.938. The van der Waals surface area contributed by atoms with Crippen molar-refractivity contribution in [2.24, 2.45) is 5.73 Å². The van der Waals surface area contributed by atoms with E-state index in [-0.39, 0.29) is 6.10 Å². The van der Waals surface area contributed by atoms with Crippen LogP contribution in [-0.2, 0) is 11.2 Å². The molecule has 0 saturated carbocycles. The number of hydrogen-bond donors (Lipinski definition) is 2. The van der Waals surface area contributed by atoms with Crippen LogP contribution < -0.4 is 5.73 Å². The van der Waals surface area contributed by atoms with E-state index in [1.165, 1.54) is 6.42 Å². The van der Waals surface area contributed by atoms with E-state index in [0.717, 1.165) is 43.9 Å². The van der Waals surface area contributed by atoms with Crippen LogP contribution in [0.25, 0.3) is 0 Å². The fourth-order valence-corrected chi connectivity index (χ4v) is 1.78. The number of aromatic nitrogens is 3. The van der Waals surface area contributed by atoms with E-state index in [4.69, 9.17) is 10.5 Å². The highest BCUT2D eigenvalue weighted by Crippen LogP contribution is 2.24. The number of ether oxygens (including phenoxy) is 1. The lowest BCUT2D eigenvalue weighted by atomic mass is 10.1. The summed E-state index contributed by atoms with van der Waals surface area (Å²) in [5.41, 5.74) is 5.44. The van der Waals surface area contributed by atoms with E-state index in [1.54, 1.807) is 0 Å². The number of aryl methyl sites for hydroxylation is 1. The molecule has 1 saturated heterocycles. The minimum atomic E-state index is 0.0987. The number of nitrogens with zero attached hydrogens (tertiary/aromatic N) is 2. The molecule has 0 radical (unpaired) electrons. The zero-order valence-corrected chi connectivity index (χ0v) is 8.91. The van der Waals surface area contributed by atoms with Gasteiger partial charge in [-0.3, -0.25) is 5.10 Å². The highest BCUT2D eigenvalue weighted by Gasteiger charge is 2.20. The Balaban J connectivity index is 1.93. The summed E-state index contributed by atoms with van der Waals surface area (Å²) in [4.78, 5) is 4.42. The lowest BCUT2D eigenvalue weighted by molar-refractivity contribution is 0.00963. The normalized spacial score (nSPS) is 21.8. The van der Waals surface area contributed by atoms with Crippen LogP contribution in [0.5, 0.6) is 0 Å². The molecular weight excluding hydrogens is 192 g/mol. The van der Waals surface area contributed by atoms with Gasteiger partial charge < -0.3 is 10.5 Å². The molecule has 1 aliphatic rings. The molecule has 1 aliphatic heterocycles. The Kier molecular flexibility index (Phi) is 3.69. The standard InChI is InChI=1S/C10H18N4O/c11-6-3-5-9-12-10(14-13-9)8-4-1-2-7-15-8/h8H,1-7,11H2,(H,12,13,14). The quantitative estimate of drug-likeness (QED) is 0.775. The Morgan fingerprint density at radius 1 is 1.47 bits per heavy atom. The van der Waals surface area contributed by atoms with Gasteiger partial charge in [0.05, 0.1) is 0 Å². The van der Waals surface area contributed by atoms with Crippen LogP contribution in [0.1, 0.15) is 43.4 Å². The molecule has 1 aromatic heterocycles. The summed E-state index contributed by atoms with van der Waals surface area (Å²) in [5, 5.41) is 7.13. The molecular formula is C10H18N4O. The molecule has 1 fully saturated rings. The number of aromatic amines is 1. The first-order chi connectivity index (χ1) is 7.40. The van der Waals surface area contributed by atoms with Gasteiger partial charge >= 0.3 is 0 Å². The maximum Gasteiger partial charge on any atom is 0.179 e. The molecule has 2 rings (SSSR count). The second-order valence-electron chi connectivity index (χ2n) is 3.89. The summed E-state index contributed by atoms with van der Waals surface area (Å²) < 4.78 is 5.61. The molecule has 5 heteroatoms. The smallest absolute Gasteiger partial charge is 0.179 e. The van der Waals surface area contributed by atoms with Crippen LogP contribution >= 0.6 is 0 Å². The third-order valence-electron chi connectivity index (χ3n) is 2.63. The van der Waals surface area contributed by atoms with Gasteiger partial charge in [0.2, 0.25) is 0 Å². The van der Waals surface area contributed by atoms with Crippen molar-refractivity contribution in [3.8, 4) is 0 Å². The zero-order valence-electron chi connectivity index (χ0n) is 8.91. The molecule has 1 unspecified atom stereocenters. The summed E-state index contributed by atoms with van der Waals surface area (Å²) in [6, 6.07) is 0. The zero-order chi connectivity index (χ0) is 10.5. The van der Waals surface area contributed by atoms with E-state index >= 15 is 0 Å². The minimum Gasteiger partial charge on any atom is -0.370 e. The van der Waals surface area contributed by atoms with Crippen molar-refractivity contribution < 1.29 is 4.74 Å². The van der Waals surface area contributed by atoms with Gasteiger partial charge in [0.1, 0.15) is 11.9 Å². The minimum absolute atomic E-state index is 0.0987. The Morgan fingerprint density at radius 2 is 2.40 bits per heavy atom. The molecule has 0 aliphatic carbocycles. The van der Waals surface area contributed by atoms with Crippen molar-refractivity contribution in [3.63, 3.8) is 0 Å². The first kappa shape index (κ1) is 10.6. The molecule has 0 amide bonds. The highest BCUT2D eigenvalue weighted by molar-refractivity contribution is 4.95. The van der Waals surface area contributed by atoms with Crippen LogP contribution in [0.2, 0.25) is 0 Å². The Bertz CT molecular complexity index is 293. The average Bonchev–Trinajstić information content (AvgIpc) is 2.76. The van der Waals surface area contributed by atoms with Gasteiger partial charge in [-0.25, -0.2) is 4.98 Å². The topological polar surface area (TPSA) is 76.8 Å². The van der Waals surface area contributed by atoms with Crippen LogP contribution in [0.15, 0.2) is 0 Å². The van der Waals surface area contributed by atoms with E-state index in [0.29, 0.717) is 6.54 Å². The van der Waals surface area contributed by atoms with Gasteiger partial charge in [-0.05, 0) is 32.2 Å². The second kappa shape index (κ2) is 5.23. The van der Waals surface area contributed by atoms with Crippen molar-refractivity contribution in [1.82, 2.24) is 15.2 Å². The Hall–Kier alpha value is -0.940. The summed E-state index contributed by atoms with van der Waals surface area (Å²) in [6.07, 6.45) is 5.31. The van der Waals surface area contributed by atoms with E-state index in [9.17, 15) is 0 Å². The molecule has 5 nitrogen and oxygen atoms in total. The highest BCUT2D eigenvalue weighted by atomic mass is 16.5. The van der Waals surface area contributed by atoms with Crippen molar-refractivity contribution in [2.45, 2.75) is 38.2 Å². The number of rotatable bonds is 4. The second-order valence-corrected chi connectivity index (χ2v) is 3.89. The average molecular weight is 210 g/mol. The van der Waals surface area contributed by atoms with Gasteiger partial charge in [0.25, 0.3) is 0 Å². The predicted molar refractivity (Wildman–Crippen MR) is 56.3 cm³/mol. The molecule has 84 valence electrons. The van der Waals surface area contributed by atoms with Gasteiger partial charge in [0, 0.05) is 13.0 Å². The maximum atomic E-state index is 5.61. The Labute approximate surface area is 89.4 Å². The molecule has 0 bridgehead atoms. The van der Waals surface area contributed by atoms with Crippen LogP contribution in [-0.4, -0.2) is 28.3 Å². The SMILES string of the molecule is NCCCc1nc(C2CCCCO2)n[nH]1. The summed E-state index contributed by atoms with van der Waals surface area (Å²) in [6.45, 7) is 1.52. The molecule has 0 aromatic carbocycles. The van der Waals surface area contributed by atoms with Crippen molar-refractivity contribution in [1.29, 1.82) is 0 Å². The number of H-pyrrole nitrogens is 1. The third-order valence-corrected chi connectivity index (χ3v) is 2.63.